The van der Waals surface area contributed by atoms with E-state index in [1.54, 1.807) is 0 Å². The molecule has 0 amide bonds. The molecule has 0 aliphatic heterocycles. The van der Waals surface area contributed by atoms with Crippen molar-refractivity contribution in [3.8, 4) is 0 Å². The lowest BCUT2D eigenvalue weighted by molar-refractivity contribution is 0.440. The lowest BCUT2D eigenvalue weighted by atomic mass is 10.1. The first-order valence-corrected chi connectivity index (χ1v) is 4.30. The quantitative estimate of drug-likeness (QED) is 0.478. The van der Waals surface area contributed by atoms with Gasteiger partial charge in [0.25, 0.3) is 0 Å². The molecule has 11 heavy (non-hydrogen) atoms. The van der Waals surface area contributed by atoms with E-state index >= 15 is 0 Å². The minimum atomic E-state index is 0.107. The van der Waals surface area contributed by atoms with Crippen LogP contribution in [0.3, 0.4) is 0 Å². The first kappa shape index (κ1) is 8.57. The first-order chi connectivity index (χ1) is 4.99. The van der Waals surface area contributed by atoms with Crippen LogP contribution in [0.5, 0.6) is 0 Å². The number of hydrogen-bond donors (Lipinski definition) is 1. The van der Waals surface area contributed by atoms with E-state index in [1.807, 2.05) is 0 Å². The zero-order chi connectivity index (χ0) is 8.48. The first-order valence-electron chi connectivity index (χ1n) is 4.30. The highest BCUT2D eigenvalue weighted by Gasteiger charge is 2.24. The standard InChI is InChI=1S/C9H18N2/c1-7(8-5-6-8)10-11-9(2,3)4/h8,11H,5-6H2,1-4H3. The van der Waals surface area contributed by atoms with E-state index in [2.05, 4.69) is 38.2 Å². The van der Waals surface area contributed by atoms with Crippen molar-refractivity contribution in [1.29, 1.82) is 0 Å². The van der Waals surface area contributed by atoms with E-state index < -0.39 is 0 Å². The number of rotatable bonds is 2. The third-order valence-corrected chi connectivity index (χ3v) is 1.74. The highest BCUT2D eigenvalue weighted by molar-refractivity contribution is 5.86. The summed E-state index contributed by atoms with van der Waals surface area (Å²) in [6.45, 7) is 8.47. The molecule has 0 spiro atoms. The van der Waals surface area contributed by atoms with Gasteiger partial charge in [-0.25, -0.2) is 0 Å². The molecule has 2 heteroatoms. The molecule has 1 N–H and O–H groups in total. The van der Waals surface area contributed by atoms with Crippen LogP contribution in [0.2, 0.25) is 0 Å². The van der Waals surface area contributed by atoms with Crippen molar-refractivity contribution in [2.75, 3.05) is 0 Å². The number of hydrazone groups is 1. The van der Waals surface area contributed by atoms with Crippen molar-refractivity contribution in [3.63, 3.8) is 0 Å². The van der Waals surface area contributed by atoms with E-state index in [-0.39, 0.29) is 5.54 Å². The molecule has 64 valence electrons. The van der Waals surface area contributed by atoms with Crippen LogP contribution in [-0.2, 0) is 0 Å². The van der Waals surface area contributed by atoms with Gasteiger partial charge in [0.05, 0.1) is 0 Å². The van der Waals surface area contributed by atoms with Crippen LogP contribution in [0.1, 0.15) is 40.5 Å². The Morgan fingerprint density at radius 3 is 2.27 bits per heavy atom. The minimum absolute atomic E-state index is 0.107. The zero-order valence-electron chi connectivity index (χ0n) is 7.94. The Kier molecular flexibility index (Phi) is 2.21. The van der Waals surface area contributed by atoms with Gasteiger partial charge in [0.1, 0.15) is 0 Å². The monoisotopic (exact) mass is 154 g/mol. The molecule has 0 atom stereocenters. The van der Waals surface area contributed by atoms with E-state index in [9.17, 15) is 0 Å². The predicted octanol–water partition coefficient (Wildman–Crippen LogP) is 2.16. The highest BCUT2D eigenvalue weighted by Crippen LogP contribution is 2.30. The SMILES string of the molecule is CC(=NNC(C)(C)C)C1CC1. The van der Waals surface area contributed by atoms with Crippen LogP contribution in [0.4, 0.5) is 0 Å². The Balaban J connectivity index is 2.33. The maximum atomic E-state index is 4.32. The second-order valence-electron chi connectivity index (χ2n) is 4.39. The van der Waals surface area contributed by atoms with Crippen LogP contribution < -0.4 is 5.43 Å². The van der Waals surface area contributed by atoms with Crippen molar-refractivity contribution >= 4 is 5.71 Å². The molecular weight excluding hydrogens is 136 g/mol. The summed E-state index contributed by atoms with van der Waals surface area (Å²) < 4.78 is 0. The van der Waals surface area contributed by atoms with E-state index in [1.165, 1.54) is 18.6 Å². The molecule has 0 heterocycles. The van der Waals surface area contributed by atoms with Gasteiger partial charge in [-0.15, -0.1) is 0 Å². The molecule has 0 aromatic heterocycles. The number of nitrogens with zero attached hydrogens (tertiary/aromatic N) is 1. The molecule has 1 saturated carbocycles. The Morgan fingerprint density at radius 1 is 1.36 bits per heavy atom. The molecule has 0 radical (unpaired) electrons. The van der Waals surface area contributed by atoms with Gasteiger partial charge < -0.3 is 5.43 Å². The van der Waals surface area contributed by atoms with Crippen LogP contribution in [0, 0.1) is 5.92 Å². The highest BCUT2D eigenvalue weighted by atomic mass is 15.3. The third-order valence-electron chi connectivity index (χ3n) is 1.74. The van der Waals surface area contributed by atoms with E-state index in [4.69, 9.17) is 0 Å². The summed E-state index contributed by atoms with van der Waals surface area (Å²) >= 11 is 0. The van der Waals surface area contributed by atoms with Crippen molar-refractivity contribution < 1.29 is 0 Å². The topological polar surface area (TPSA) is 24.4 Å². The molecule has 2 nitrogen and oxygen atoms in total. The van der Waals surface area contributed by atoms with Crippen LogP contribution in [0.25, 0.3) is 0 Å². The average Bonchev–Trinajstić information content (AvgIpc) is 2.61. The normalized spacial score (nSPS) is 20.2. The molecule has 0 bridgehead atoms. The molecule has 1 fully saturated rings. The molecule has 0 saturated heterocycles. The van der Waals surface area contributed by atoms with Gasteiger partial charge in [0, 0.05) is 11.3 Å². The van der Waals surface area contributed by atoms with Gasteiger partial charge >= 0.3 is 0 Å². The van der Waals surface area contributed by atoms with Gasteiger partial charge in [-0.3, -0.25) is 0 Å². The van der Waals surface area contributed by atoms with Crippen LogP contribution in [0.15, 0.2) is 5.10 Å². The molecule has 1 aliphatic rings. The lowest BCUT2D eigenvalue weighted by Crippen LogP contribution is -2.32. The van der Waals surface area contributed by atoms with Crippen molar-refractivity contribution in [3.05, 3.63) is 0 Å². The Hall–Kier alpha value is -0.530. The van der Waals surface area contributed by atoms with Gasteiger partial charge in [-0.2, -0.15) is 5.10 Å². The summed E-state index contributed by atoms with van der Waals surface area (Å²) in [5.74, 6) is 0.782. The fourth-order valence-electron chi connectivity index (χ4n) is 0.848. The van der Waals surface area contributed by atoms with E-state index in [0.29, 0.717) is 0 Å². The summed E-state index contributed by atoms with van der Waals surface area (Å²) in [5.41, 5.74) is 4.50. The largest absolute Gasteiger partial charge is 0.305 e. The van der Waals surface area contributed by atoms with Crippen molar-refractivity contribution in [2.24, 2.45) is 11.0 Å². The summed E-state index contributed by atoms with van der Waals surface area (Å²) in [4.78, 5) is 0. The maximum absolute atomic E-state index is 4.32. The van der Waals surface area contributed by atoms with Crippen LogP contribution in [-0.4, -0.2) is 11.3 Å². The van der Waals surface area contributed by atoms with Crippen molar-refractivity contribution in [1.82, 2.24) is 5.43 Å². The lowest BCUT2D eigenvalue weighted by Gasteiger charge is -2.18. The smallest absolute Gasteiger partial charge is 0.0464 e. The molecule has 1 rings (SSSR count). The van der Waals surface area contributed by atoms with Gasteiger partial charge in [0.2, 0.25) is 0 Å². The fourth-order valence-corrected chi connectivity index (χ4v) is 0.848. The summed E-state index contributed by atoms with van der Waals surface area (Å²) in [6.07, 6.45) is 2.67. The number of nitrogens with one attached hydrogen (secondary N) is 1. The molecule has 0 aromatic carbocycles. The van der Waals surface area contributed by atoms with Crippen molar-refractivity contribution in [2.45, 2.75) is 46.1 Å². The third kappa shape index (κ3) is 3.40. The summed E-state index contributed by atoms with van der Waals surface area (Å²) in [7, 11) is 0. The van der Waals surface area contributed by atoms with Gasteiger partial charge in [0.15, 0.2) is 0 Å². The predicted molar refractivity (Wildman–Crippen MR) is 48.7 cm³/mol. The fraction of sp³-hybridized carbons (Fsp3) is 0.889. The summed E-state index contributed by atoms with van der Waals surface area (Å²) in [5, 5.41) is 4.32. The number of hydrogen-bond acceptors (Lipinski definition) is 2. The average molecular weight is 154 g/mol. The zero-order valence-corrected chi connectivity index (χ0v) is 7.94. The maximum Gasteiger partial charge on any atom is 0.0464 e. The second kappa shape index (κ2) is 2.84. The van der Waals surface area contributed by atoms with Gasteiger partial charge in [-0.1, -0.05) is 0 Å². The van der Waals surface area contributed by atoms with Crippen LogP contribution >= 0.6 is 0 Å². The summed E-state index contributed by atoms with van der Waals surface area (Å²) in [6, 6.07) is 0. The molecular formula is C9H18N2. The van der Waals surface area contributed by atoms with E-state index in [0.717, 1.165) is 5.92 Å². The molecule has 1 aliphatic carbocycles. The second-order valence-corrected chi connectivity index (χ2v) is 4.39. The molecule has 0 aromatic rings. The Labute approximate surface area is 69.1 Å². The Morgan fingerprint density at radius 2 is 1.91 bits per heavy atom. The van der Waals surface area contributed by atoms with Gasteiger partial charge in [-0.05, 0) is 46.5 Å². The molecule has 0 unspecified atom stereocenters. The minimum Gasteiger partial charge on any atom is -0.305 e. The Bertz CT molecular complexity index is 161.